The van der Waals surface area contributed by atoms with E-state index in [1.54, 1.807) is 12.1 Å². The van der Waals surface area contributed by atoms with Gasteiger partial charge in [0.15, 0.2) is 0 Å². The molecule has 0 aliphatic rings. The molecule has 2 N–H and O–H groups in total. The number of benzene rings is 1. The summed E-state index contributed by atoms with van der Waals surface area (Å²) in [5.74, 6) is 0.149. The Hall–Kier alpha value is -1.25. The standard InChI is InChI=1S/C11H15FO2/c12-5-3-1-2-4-9-6-10(13)8-11(14)7-9/h6-8,13-14H,1-5H2. The molecule has 0 radical (unpaired) electrons. The first-order valence-electron chi connectivity index (χ1n) is 4.80. The molecule has 0 saturated heterocycles. The average Bonchev–Trinajstić information content (AvgIpc) is 2.11. The number of unbranched alkanes of at least 4 members (excludes halogenated alkanes) is 2. The Labute approximate surface area is 83.0 Å². The predicted molar refractivity (Wildman–Crippen MR) is 53.3 cm³/mol. The van der Waals surface area contributed by atoms with Gasteiger partial charge in [0, 0.05) is 6.07 Å². The molecule has 78 valence electrons. The molecule has 0 amide bonds. The molecule has 0 atom stereocenters. The van der Waals surface area contributed by atoms with E-state index in [1.165, 1.54) is 6.07 Å². The minimum absolute atomic E-state index is 0.0745. The van der Waals surface area contributed by atoms with Crippen LogP contribution in [-0.2, 0) is 6.42 Å². The molecule has 14 heavy (non-hydrogen) atoms. The first-order chi connectivity index (χ1) is 6.72. The molecule has 1 rings (SSSR count). The summed E-state index contributed by atoms with van der Waals surface area (Å²) < 4.78 is 11.8. The maximum atomic E-state index is 11.8. The smallest absolute Gasteiger partial charge is 0.119 e. The monoisotopic (exact) mass is 198 g/mol. The Morgan fingerprint density at radius 3 is 2.14 bits per heavy atom. The topological polar surface area (TPSA) is 40.5 Å². The van der Waals surface area contributed by atoms with Crippen LogP contribution >= 0.6 is 0 Å². The van der Waals surface area contributed by atoms with Crippen molar-refractivity contribution in [2.24, 2.45) is 0 Å². The summed E-state index contributed by atoms with van der Waals surface area (Å²) in [5.41, 5.74) is 0.890. The normalized spacial score (nSPS) is 10.4. The molecule has 0 fully saturated rings. The Balaban J connectivity index is 2.42. The van der Waals surface area contributed by atoms with E-state index in [4.69, 9.17) is 0 Å². The zero-order chi connectivity index (χ0) is 10.4. The molecule has 0 aliphatic carbocycles. The summed E-state index contributed by atoms with van der Waals surface area (Å²) in [4.78, 5) is 0. The minimum atomic E-state index is -0.273. The van der Waals surface area contributed by atoms with E-state index in [0.717, 1.165) is 24.8 Å². The number of rotatable bonds is 5. The van der Waals surface area contributed by atoms with E-state index in [2.05, 4.69) is 0 Å². The van der Waals surface area contributed by atoms with Gasteiger partial charge in [-0.2, -0.15) is 0 Å². The van der Waals surface area contributed by atoms with Crippen LogP contribution in [0.2, 0.25) is 0 Å². The van der Waals surface area contributed by atoms with Gasteiger partial charge in [-0.25, -0.2) is 0 Å². The molecule has 1 aromatic carbocycles. The van der Waals surface area contributed by atoms with Crippen molar-refractivity contribution < 1.29 is 14.6 Å². The van der Waals surface area contributed by atoms with Crippen molar-refractivity contribution in [2.75, 3.05) is 6.67 Å². The van der Waals surface area contributed by atoms with Crippen molar-refractivity contribution in [1.29, 1.82) is 0 Å². The number of aromatic hydroxyl groups is 2. The lowest BCUT2D eigenvalue weighted by atomic mass is 10.1. The van der Waals surface area contributed by atoms with E-state index in [0.29, 0.717) is 6.42 Å². The van der Waals surface area contributed by atoms with Crippen LogP contribution in [0.3, 0.4) is 0 Å². The summed E-state index contributed by atoms with van der Waals surface area (Å²) in [6, 6.07) is 4.54. The van der Waals surface area contributed by atoms with Crippen LogP contribution < -0.4 is 0 Å². The molecule has 0 heterocycles. The first-order valence-corrected chi connectivity index (χ1v) is 4.80. The molecule has 0 bridgehead atoms. The van der Waals surface area contributed by atoms with Crippen LogP contribution in [0, 0.1) is 0 Å². The molecule has 0 aliphatic heterocycles. The van der Waals surface area contributed by atoms with Crippen LogP contribution in [0.5, 0.6) is 11.5 Å². The van der Waals surface area contributed by atoms with E-state index in [9.17, 15) is 14.6 Å². The highest BCUT2D eigenvalue weighted by Gasteiger charge is 1.99. The molecule has 0 unspecified atom stereocenters. The van der Waals surface area contributed by atoms with E-state index < -0.39 is 0 Å². The lowest BCUT2D eigenvalue weighted by Gasteiger charge is -2.02. The lowest BCUT2D eigenvalue weighted by Crippen LogP contribution is -1.86. The highest BCUT2D eigenvalue weighted by atomic mass is 19.1. The molecule has 3 heteroatoms. The van der Waals surface area contributed by atoms with Gasteiger partial charge in [-0.3, -0.25) is 4.39 Å². The van der Waals surface area contributed by atoms with Gasteiger partial charge in [0.1, 0.15) is 11.5 Å². The molecule has 0 saturated carbocycles. The molecule has 0 spiro atoms. The van der Waals surface area contributed by atoms with E-state index in [1.807, 2.05) is 0 Å². The summed E-state index contributed by atoms with van der Waals surface area (Å²) >= 11 is 0. The van der Waals surface area contributed by atoms with E-state index in [-0.39, 0.29) is 18.2 Å². The Morgan fingerprint density at radius 2 is 1.57 bits per heavy atom. The third-order valence-electron chi connectivity index (χ3n) is 2.06. The molecule has 2 nitrogen and oxygen atoms in total. The van der Waals surface area contributed by atoms with Gasteiger partial charge in [-0.1, -0.05) is 6.42 Å². The fourth-order valence-electron chi connectivity index (χ4n) is 1.40. The maximum Gasteiger partial charge on any atom is 0.119 e. The fourth-order valence-corrected chi connectivity index (χ4v) is 1.40. The molecule has 1 aromatic rings. The zero-order valence-corrected chi connectivity index (χ0v) is 8.04. The maximum absolute atomic E-state index is 11.8. The van der Waals surface area contributed by atoms with Crippen molar-refractivity contribution in [3.63, 3.8) is 0 Å². The fraction of sp³-hybridized carbons (Fsp3) is 0.455. The quantitative estimate of drug-likeness (QED) is 0.714. The minimum Gasteiger partial charge on any atom is -0.508 e. The number of aryl methyl sites for hydroxylation is 1. The Kier molecular flexibility index (Phi) is 4.23. The Morgan fingerprint density at radius 1 is 0.929 bits per heavy atom. The second-order valence-electron chi connectivity index (χ2n) is 3.36. The van der Waals surface area contributed by atoms with Crippen LogP contribution in [-0.4, -0.2) is 16.9 Å². The van der Waals surface area contributed by atoms with Crippen LogP contribution in [0.15, 0.2) is 18.2 Å². The van der Waals surface area contributed by atoms with Crippen LogP contribution in [0.1, 0.15) is 24.8 Å². The largest absolute Gasteiger partial charge is 0.508 e. The van der Waals surface area contributed by atoms with Gasteiger partial charge in [0.2, 0.25) is 0 Å². The molecular weight excluding hydrogens is 183 g/mol. The number of phenols is 2. The third kappa shape index (κ3) is 3.64. The van der Waals surface area contributed by atoms with Crippen LogP contribution in [0.25, 0.3) is 0 Å². The van der Waals surface area contributed by atoms with Crippen molar-refractivity contribution >= 4 is 0 Å². The number of hydrogen-bond acceptors (Lipinski definition) is 2. The van der Waals surface area contributed by atoms with Crippen molar-refractivity contribution in [3.8, 4) is 11.5 Å². The van der Waals surface area contributed by atoms with Gasteiger partial charge >= 0.3 is 0 Å². The van der Waals surface area contributed by atoms with Crippen LogP contribution in [0.4, 0.5) is 4.39 Å². The summed E-state index contributed by atoms with van der Waals surface area (Å²) in [5, 5.41) is 18.4. The number of halogens is 1. The number of hydrogen-bond donors (Lipinski definition) is 2. The number of alkyl halides is 1. The lowest BCUT2D eigenvalue weighted by molar-refractivity contribution is 0.446. The highest BCUT2D eigenvalue weighted by Crippen LogP contribution is 2.21. The summed E-state index contributed by atoms with van der Waals surface area (Å²) in [7, 11) is 0. The van der Waals surface area contributed by atoms with Gasteiger partial charge in [-0.15, -0.1) is 0 Å². The van der Waals surface area contributed by atoms with Gasteiger partial charge in [-0.05, 0) is 37.0 Å². The van der Waals surface area contributed by atoms with E-state index >= 15 is 0 Å². The zero-order valence-electron chi connectivity index (χ0n) is 8.04. The highest BCUT2D eigenvalue weighted by molar-refractivity contribution is 5.36. The second-order valence-corrected chi connectivity index (χ2v) is 3.36. The Bertz CT molecular complexity index is 266. The predicted octanol–water partition coefficient (Wildman–Crippen LogP) is 2.78. The van der Waals surface area contributed by atoms with Gasteiger partial charge < -0.3 is 10.2 Å². The SMILES string of the molecule is Oc1cc(O)cc(CCCCCF)c1. The average molecular weight is 198 g/mol. The summed E-state index contributed by atoms with van der Waals surface area (Å²) in [6.45, 7) is -0.273. The van der Waals surface area contributed by atoms with Gasteiger partial charge in [0.05, 0.1) is 6.67 Å². The van der Waals surface area contributed by atoms with Crippen molar-refractivity contribution in [2.45, 2.75) is 25.7 Å². The summed E-state index contributed by atoms with van der Waals surface area (Å²) in [6.07, 6.45) is 3.08. The van der Waals surface area contributed by atoms with Crippen molar-refractivity contribution in [1.82, 2.24) is 0 Å². The number of phenolic OH excluding ortho intramolecular Hbond substituents is 2. The second kappa shape index (κ2) is 5.47. The third-order valence-corrected chi connectivity index (χ3v) is 2.06. The first kappa shape index (κ1) is 10.8. The molecule has 0 aromatic heterocycles. The molecular formula is C11H15FO2. The van der Waals surface area contributed by atoms with Crippen molar-refractivity contribution in [3.05, 3.63) is 23.8 Å². The van der Waals surface area contributed by atoms with Gasteiger partial charge in [0.25, 0.3) is 0 Å².